The number of benzene rings is 1. The molecule has 0 bridgehead atoms. The van der Waals surface area contributed by atoms with Crippen LogP contribution in [0.4, 0.5) is 15.8 Å². The standard InChI is InChI=1S/C16H18FN3O3/c17-7-14(21)20-13-8-18-12-4-2-1-3-11(12)15(13)19-9-16(22)5-6-23-10-16/h1-4,8,22H,5-7,9-10H2,(H,18,19)(H,20,21). The first-order valence-electron chi connectivity index (χ1n) is 7.39. The van der Waals surface area contributed by atoms with Gasteiger partial charge in [0.2, 0.25) is 0 Å². The average molecular weight is 319 g/mol. The molecule has 7 heteroatoms. The van der Waals surface area contributed by atoms with Crippen LogP contribution in [0.3, 0.4) is 0 Å². The number of para-hydroxylation sites is 1. The van der Waals surface area contributed by atoms with E-state index in [1.807, 2.05) is 24.3 Å². The highest BCUT2D eigenvalue weighted by Gasteiger charge is 2.32. The minimum Gasteiger partial charge on any atom is -0.386 e. The average Bonchev–Trinajstić information content (AvgIpc) is 3.00. The Hall–Kier alpha value is -2.25. The molecule has 3 N–H and O–H groups in total. The number of carbonyl (C=O) groups is 1. The molecule has 0 spiro atoms. The lowest BCUT2D eigenvalue weighted by Gasteiger charge is -2.23. The Morgan fingerprint density at radius 2 is 2.26 bits per heavy atom. The van der Waals surface area contributed by atoms with E-state index in [9.17, 15) is 14.3 Å². The first-order valence-corrected chi connectivity index (χ1v) is 7.39. The van der Waals surface area contributed by atoms with Crippen molar-refractivity contribution in [2.24, 2.45) is 0 Å². The summed E-state index contributed by atoms with van der Waals surface area (Å²) >= 11 is 0. The van der Waals surface area contributed by atoms with E-state index in [0.717, 1.165) is 10.9 Å². The van der Waals surface area contributed by atoms with Crippen molar-refractivity contribution in [1.82, 2.24) is 4.98 Å². The summed E-state index contributed by atoms with van der Waals surface area (Å²) < 4.78 is 17.7. The summed E-state index contributed by atoms with van der Waals surface area (Å²) in [6.45, 7) is -0.0700. The number of alkyl halides is 1. The van der Waals surface area contributed by atoms with Gasteiger partial charge in [-0.15, -0.1) is 0 Å². The van der Waals surface area contributed by atoms with Gasteiger partial charge in [0, 0.05) is 25.0 Å². The Labute approximate surface area is 132 Å². The van der Waals surface area contributed by atoms with Crippen molar-refractivity contribution in [3.05, 3.63) is 30.5 Å². The Kier molecular flexibility index (Phi) is 4.40. The van der Waals surface area contributed by atoms with Gasteiger partial charge in [-0.05, 0) is 6.07 Å². The Balaban J connectivity index is 1.93. The van der Waals surface area contributed by atoms with Crippen molar-refractivity contribution in [1.29, 1.82) is 0 Å². The zero-order valence-electron chi connectivity index (χ0n) is 12.5. The molecule has 2 aromatic rings. The maximum atomic E-state index is 12.5. The Bertz CT molecular complexity index is 717. The summed E-state index contributed by atoms with van der Waals surface area (Å²) in [6.07, 6.45) is 2.02. The predicted octanol–water partition coefficient (Wildman–Crippen LogP) is 1.71. The molecule has 2 heterocycles. The number of hydrogen-bond acceptors (Lipinski definition) is 5. The highest BCUT2D eigenvalue weighted by molar-refractivity contribution is 6.03. The van der Waals surface area contributed by atoms with Gasteiger partial charge in [-0.2, -0.15) is 0 Å². The number of aliphatic hydroxyl groups is 1. The van der Waals surface area contributed by atoms with Gasteiger partial charge in [-0.1, -0.05) is 18.2 Å². The van der Waals surface area contributed by atoms with E-state index < -0.39 is 18.2 Å². The van der Waals surface area contributed by atoms with E-state index in [-0.39, 0.29) is 13.2 Å². The molecule has 1 amide bonds. The molecule has 23 heavy (non-hydrogen) atoms. The number of pyridine rings is 1. The smallest absolute Gasteiger partial charge is 0.255 e. The Morgan fingerprint density at radius 3 is 3.00 bits per heavy atom. The fraction of sp³-hybridized carbons (Fsp3) is 0.375. The van der Waals surface area contributed by atoms with Crippen molar-refractivity contribution in [3.8, 4) is 0 Å². The number of amides is 1. The highest BCUT2D eigenvalue weighted by atomic mass is 19.1. The maximum Gasteiger partial charge on any atom is 0.255 e. The maximum absolute atomic E-state index is 12.5. The zero-order chi connectivity index (χ0) is 16.3. The van der Waals surface area contributed by atoms with Gasteiger partial charge in [0.25, 0.3) is 5.91 Å². The van der Waals surface area contributed by atoms with Crippen LogP contribution < -0.4 is 10.6 Å². The van der Waals surface area contributed by atoms with E-state index in [1.54, 1.807) is 0 Å². The van der Waals surface area contributed by atoms with Crippen LogP contribution in [-0.2, 0) is 9.53 Å². The minimum absolute atomic E-state index is 0.259. The number of fused-ring (bicyclic) bond motifs is 1. The molecule has 6 nitrogen and oxygen atoms in total. The normalized spacial score (nSPS) is 20.6. The SMILES string of the molecule is O=C(CF)Nc1cnc2ccccc2c1NCC1(O)CCOC1. The number of aromatic nitrogens is 1. The van der Waals surface area contributed by atoms with Gasteiger partial charge < -0.3 is 20.5 Å². The Morgan fingerprint density at radius 1 is 1.43 bits per heavy atom. The summed E-state index contributed by atoms with van der Waals surface area (Å²) in [6, 6.07) is 7.40. The van der Waals surface area contributed by atoms with Crippen LogP contribution in [0.15, 0.2) is 30.5 Å². The first-order chi connectivity index (χ1) is 11.1. The topological polar surface area (TPSA) is 83.5 Å². The molecule has 122 valence electrons. The molecule has 3 rings (SSSR count). The first kappa shape index (κ1) is 15.6. The van der Waals surface area contributed by atoms with Gasteiger partial charge >= 0.3 is 0 Å². The van der Waals surface area contributed by atoms with Crippen LogP contribution in [0.5, 0.6) is 0 Å². The highest BCUT2D eigenvalue weighted by Crippen LogP contribution is 2.31. The van der Waals surface area contributed by atoms with Crippen LogP contribution in [0, 0.1) is 0 Å². The molecule has 1 aromatic heterocycles. The number of anilines is 2. The fourth-order valence-electron chi connectivity index (χ4n) is 2.60. The summed E-state index contributed by atoms with van der Waals surface area (Å²) in [5, 5.41) is 16.8. The molecule has 1 aromatic carbocycles. The lowest BCUT2D eigenvalue weighted by molar-refractivity contribution is -0.117. The lowest BCUT2D eigenvalue weighted by Crippen LogP contribution is -2.37. The second-order valence-electron chi connectivity index (χ2n) is 5.63. The second kappa shape index (κ2) is 6.47. The monoisotopic (exact) mass is 319 g/mol. The van der Waals surface area contributed by atoms with Crippen LogP contribution in [0.2, 0.25) is 0 Å². The summed E-state index contributed by atoms with van der Waals surface area (Å²) in [4.78, 5) is 15.6. The summed E-state index contributed by atoms with van der Waals surface area (Å²) in [5.41, 5.74) is 0.778. The van der Waals surface area contributed by atoms with Crippen LogP contribution in [-0.4, -0.2) is 48.0 Å². The van der Waals surface area contributed by atoms with Crippen molar-refractivity contribution < 1.29 is 19.0 Å². The van der Waals surface area contributed by atoms with E-state index >= 15 is 0 Å². The van der Waals surface area contributed by atoms with Gasteiger partial charge in [0.1, 0.15) is 5.60 Å². The van der Waals surface area contributed by atoms with Crippen LogP contribution in [0.25, 0.3) is 10.9 Å². The number of hydrogen-bond donors (Lipinski definition) is 3. The van der Waals surface area contributed by atoms with Crippen molar-refractivity contribution in [2.45, 2.75) is 12.0 Å². The van der Waals surface area contributed by atoms with Crippen molar-refractivity contribution in [3.63, 3.8) is 0 Å². The van der Waals surface area contributed by atoms with E-state index in [4.69, 9.17) is 4.74 Å². The van der Waals surface area contributed by atoms with Gasteiger partial charge in [0.05, 0.1) is 29.7 Å². The molecule has 1 fully saturated rings. The number of halogens is 1. The largest absolute Gasteiger partial charge is 0.386 e. The van der Waals surface area contributed by atoms with Crippen LogP contribution >= 0.6 is 0 Å². The van der Waals surface area contributed by atoms with Gasteiger partial charge in [0.15, 0.2) is 6.67 Å². The summed E-state index contributed by atoms with van der Waals surface area (Å²) in [7, 11) is 0. The molecule has 0 radical (unpaired) electrons. The molecular weight excluding hydrogens is 301 g/mol. The number of nitrogens with one attached hydrogen (secondary N) is 2. The molecule has 1 aliphatic heterocycles. The van der Waals surface area contributed by atoms with Crippen molar-refractivity contribution >= 4 is 28.2 Å². The van der Waals surface area contributed by atoms with Crippen molar-refractivity contribution in [2.75, 3.05) is 37.1 Å². The van der Waals surface area contributed by atoms with Crippen LogP contribution in [0.1, 0.15) is 6.42 Å². The van der Waals surface area contributed by atoms with E-state index in [2.05, 4.69) is 15.6 Å². The summed E-state index contributed by atoms with van der Waals surface area (Å²) in [5.74, 6) is -0.743. The third-order valence-electron chi connectivity index (χ3n) is 3.85. The molecule has 1 unspecified atom stereocenters. The third kappa shape index (κ3) is 3.40. The molecule has 0 aliphatic carbocycles. The van der Waals surface area contributed by atoms with Gasteiger partial charge in [-0.3, -0.25) is 9.78 Å². The molecular formula is C16H18FN3O3. The molecule has 1 atom stereocenters. The van der Waals surface area contributed by atoms with E-state index in [1.165, 1.54) is 6.20 Å². The molecule has 1 aliphatic rings. The minimum atomic E-state index is -1.11. The lowest BCUT2D eigenvalue weighted by atomic mass is 10.0. The third-order valence-corrected chi connectivity index (χ3v) is 3.85. The fourth-order valence-corrected chi connectivity index (χ4v) is 2.60. The number of rotatable bonds is 5. The zero-order valence-corrected chi connectivity index (χ0v) is 12.5. The second-order valence-corrected chi connectivity index (χ2v) is 5.63. The van der Waals surface area contributed by atoms with Gasteiger partial charge in [-0.25, -0.2) is 4.39 Å². The quantitative estimate of drug-likeness (QED) is 0.781. The number of ether oxygens (including phenoxy) is 1. The predicted molar refractivity (Wildman–Crippen MR) is 85.2 cm³/mol. The molecule has 1 saturated heterocycles. The van der Waals surface area contributed by atoms with E-state index in [0.29, 0.717) is 24.4 Å². The molecule has 0 saturated carbocycles. The number of nitrogens with zero attached hydrogens (tertiary/aromatic N) is 1. The number of carbonyl (C=O) groups excluding carboxylic acids is 1.